The van der Waals surface area contributed by atoms with Crippen LogP contribution in [0.1, 0.15) is 37.8 Å². The standard InChI is InChI=1S/C13H22N2/c1-11(2)5-4-7-14-10-13-6-8-15-9-12(13)3/h6,8-9,11,14H,4-5,7,10H2,1-3H3. The van der Waals surface area contributed by atoms with E-state index in [1.165, 1.54) is 24.0 Å². The van der Waals surface area contributed by atoms with E-state index in [0.29, 0.717) is 0 Å². The van der Waals surface area contributed by atoms with Gasteiger partial charge in [-0.25, -0.2) is 0 Å². The summed E-state index contributed by atoms with van der Waals surface area (Å²) in [4.78, 5) is 4.08. The van der Waals surface area contributed by atoms with Gasteiger partial charge >= 0.3 is 0 Å². The van der Waals surface area contributed by atoms with Gasteiger partial charge in [-0.15, -0.1) is 0 Å². The molecule has 1 N–H and O–H groups in total. The van der Waals surface area contributed by atoms with Crippen molar-refractivity contribution >= 4 is 0 Å². The van der Waals surface area contributed by atoms with E-state index in [4.69, 9.17) is 0 Å². The SMILES string of the molecule is Cc1cnccc1CNCCCC(C)C. The molecule has 15 heavy (non-hydrogen) atoms. The average molecular weight is 206 g/mol. The molecule has 0 aromatic carbocycles. The number of aromatic nitrogens is 1. The highest BCUT2D eigenvalue weighted by Crippen LogP contribution is 2.05. The molecule has 0 unspecified atom stereocenters. The molecule has 0 fully saturated rings. The van der Waals surface area contributed by atoms with E-state index in [-0.39, 0.29) is 0 Å². The van der Waals surface area contributed by atoms with Crippen LogP contribution in [0.15, 0.2) is 18.5 Å². The summed E-state index contributed by atoms with van der Waals surface area (Å²) in [7, 11) is 0. The molecule has 2 nitrogen and oxygen atoms in total. The van der Waals surface area contributed by atoms with Crippen LogP contribution in [0, 0.1) is 12.8 Å². The lowest BCUT2D eigenvalue weighted by atomic mass is 10.1. The van der Waals surface area contributed by atoms with Gasteiger partial charge in [0.1, 0.15) is 0 Å². The van der Waals surface area contributed by atoms with Crippen molar-refractivity contribution in [3.63, 3.8) is 0 Å². The van der Waals surface area contributed by atoms with Crippen molar-refractivity contribution in [3.8, 4) is 0 Å². The molecule has 1 aromatic heterocycles. The number of hydrogen-bond acceptors (Lipinski definition) is 2. The van der Waals surface area contributed by atoms with E-state index < -0.39 is 0 Å². The lowest BCUT2D eigenvalue weighted by Crippen LogP contribution is -2.15. The number of rotatable bonds is 6. The van der Waals surface area contributed by atoms with Crippen LogP contribution in [0.3, 0.4) is 0 Å². The summed E-state index contributed by atoms with van der Waals surface area (Å²) in [6.07, 6.45) is 6.35. The third-order valence-electron chi connectivity index (χ3n) is 2.59. The first-order valence-electron chi connectivity index (χ1n) is 5.80. The smallest absolute Gasteiger partial charge is 0.0300 e. The number of nitrogens with zero attached hydrogens (tertiary/aromatic N) is 1. The molecule has 0 spiro atoms. The minimum Gasteiger partial charge on any atom is -0.313 e. The summed E-state index contributed by atoms with van der Waals surface area (Å²) in [5.74, 6) is 0.814. The zero-order chi connectivity index (χ0) is 11.1. The highest BCUT2D eigenvalue weighted by molar-refractivity contribution is 5.20. The predicted molar refractivity (Wildman–Crippen MR) is 64.8 cm³/mol. The van der Waals surface area contributed by atoms with Gasteiger partial charge < -0.3 is 5.32 Å². The van der Waals surface area contributed by atoms with E-state index in [1.807, 2.05) is 12.4 Å². The largest absolute Gasteiger partial charge is 0.313 e. The van der Waals surface area contributed by atoms with Gasteiger partial charge in [-0.3, -0.25) is 4.98 Å². The normalized spacial score (nSPS) is 10.9. The van der Waals surface area contributed by atoms with Crippen molar-refractivity contribution in [1.82, 2.24) is 10.3 Å². The summed E-state index contributed by atoms with van der Waals surface area (Å²) < 4.78 is 0. The minimum atomic E-state index is 0.814. The molecule has 0 bridgehead atoms. The van der Waals surface area contributed by atoms with Gasteiger partial charge in [-0.05, 0) is 49.4 Å². The molecular formula is C13H22N2. The average Bonchev–Trinajstić information content (AvgIpc) is 2.20. The quantitative estimate of drug-likeness (QED) is 0.724. The summed E-state index contributed by atoms with van der Waals surface area (Å²) in [6, 6.07) is 2.09. The Labute approximate surface area is 93.1 Å². The molecule has 0 amide bonds. The van der Waals surface area contributed by atoms with Crippen LogP contribution >= 0.6 is 0 Å². The third kappa shape index (κ3) is 4.93. The molecule has 2 heteroatoms. The molecular weight excluding hydrogens is 184 g/mol. The fraction of sp³-hybridized carbons (Fsp3) is 0.615. The third-order valence-corrected chi connectivity index (χ3v) is 2.59. The van der Waals surface area contributed by atoms with Crippen LogP contribution in [0.4, 0.5) is 0 Å². The highest BCUT2D eigenvalue weighted by Gasteiger charge is 1.97. The lowest BCUT2D eigenvalue weighted by Gasteiger charge is -2.08. The predicted octanol–water partition coefficient (Wildman–Crippen LogP) is 2.92. The Morgan fingerprint density at radius 2 is 2.20 bits per heavy atom. The highest BCUT2D eigenvalue weighted by atomic mass is 14.8. The van der Waals surface area contributed by atoms with Gasteiger partial charge in [0.05, 0.1) is 0 Å². The molecule has 0 aliphatic carbocycles. The molecule has 0 atom stereocenters. The number of aryl methyl sites for hydroxylation is 1. The van der Waals surface area contributed by atoms with Crippen LogP contribution in [0.25, 0.3) is 0 Å². The van der Waals surface area contributed by atoms with Gasteiger partial charge in [0.25, 0.3) is 0 Å². The van der Waals surface area contributed by atoms with E-state index in [2.05, 4.69) is 37.1 Å². The Morgan fingerprint density at radius 1 is 1.40 bits per heavy atom. The molecule has 84 valence electrons. The Hall–Kier alpha value is -0.890. The van der Waals surface area contributed by atoms with E-state index in [0.717, 1.165) is 19.0 Å². The maximum Gasteiger partial charge on any atom is 0.0300 e. The fourth-order valence-electron chi connectivity index (χ4n) is 1.56. The summed E-state index contributed by atoms with van der Waals surface area (Å²) in [6.45, 7) is 8.73. The molecule has 0 aliphatic heterocycles. The fourth-order valence-corrected chi connectivity index (χ4v) is 1.56. The summed E-state index contributed by atoms with van der Waals surface area (Å²) in [5.41, 5.74) is 2.63. The Balaban J connectivity index is 2.18. The van der Waals surface area contributed by atoms with Crippen LogP contribution < -0.4 is 5.32 Å². The second kappa shape index (κ2) is 6.57. The summed E-state index contributed by atoms with van der Waals surface area (Å²) in [5, 5.41) is 3.47. The second-order valence-corrected chi connectivity index (χ2v) is 4.52. The van der Waals surface area contributed by atoms with Gasteiger partial charge in [0, 0.05) is 18.9 Å². The summed E-state index contributed by atoms with van der Waals surface area (Å²) >= 11 is 0. The van der Waals surface area contributed by atoms with E-state index in [1.54, 1.807) is 0 Å². The first-order valence-corrected chi connectivity index (χ1v) is 5.80. The van der Waals surface area contributed by atoms with Gasteiger partial charge in [-0.2, -0.15) is 0 Å². The number of hydrogen-bond donors (Lipinski definition) is 1. The minimum absolute atomic E-state index is 0.814. The molecule has 0 radical (unpaired) electrons. The van der Waals surface area contributed by atoms with Crippen molar-refractivity contribution < 1.29 is 0 Å². The molecule has 1 aromatic rings. The van der Waals surface area contributed by atoms with Crippen LogP contribution in [0.2, 0.25) is 0 Å². The van der Waals surface area contributed by atoms with Crippen LogP contribution in [-0.2, 0) is 6.54 Å². The van der Waals surface area contributed by atoms with Crippen molar-refractivity contribution in [2.75, 3.05) is 6.54 Å². The Kier molecular flexibility index (Phi) is 5.33. The molecule has 1 heterocycles. The van der Waals surface area contributed by atoms with Gasteiger partial charge in [0.2, 0.25) is 0 Å². The van der Waals surface area contributed by atoms with E-state index >= 15 is 0 Å². The molecule has 0 saturated heterocycles. The maximum absolute atomic E-state index is 4.08. The monoisotopic (exact) mass is 206 g/mol. The Morgan fingerprint density at radius 3 is 2.87 bits per heavy atom. The molecule has 0 aliphatic rings. The van der Waals surface area contributed by atoms with Crippen molar-refractivity contribution in [3.05, 3.63) is 29.6 Å². The van der Waals surface area contributed by atoms with Crippen LogP contribution in [0.5, 0.6) is 0 Å². The van der Waals surface area contributed by atoms with E-state index in [9.17, 15) is 0 Å². The molecule has 1 rings (SSSR count). The van der Waals surface area contributed by atoms with Crippen molar-refractivity contribution in [2.24, 2.45) is 5.92 Å². The first-order chi connectivity index (χ1) is 7.20. The van der Waals surface area contributed by atoms with Gasteiger partial charge in [0.15, 0.2) is 0 Å². The Bertz CT molecular complexity index is 282. The first kappa shape index (κ1) is 12.2. The zero-order valence-electron chi connectivity index (χ0n) is 10.1. The van der Waals surface area contributed by atoms with Crippen molar-refractivity contribution in [2.45, 2.75) is 40.2 Å². The number of nitrogens with one attached hydrogen (secondary N) is 1. The lowest BCUT2D eigenvalue weighted by molar-refractivity contribution is 0.527. The topological polar surface area (TPSA) is 24.9 Å². The van der Waals surface area contributed by atoms with Gasteiger partial charge in [-0.1, -0.05) is 13.8 Å². The van der Waals surface area contributed by atoms with Crippen LogP contribution in [-0.4, -0.2) is 11.5 Å². The maximum atomic E-state index is 4.08. The molecule has 0 saturated carbocycles. The second-order valence-electron chi connectivity index (χ2n) is 4.52. The number of pyridine rings is 1. The zero-order valence-corrected chi connectivity index (χ0v) is 10.1. The van der Waals surface area contributed by atoms with Crippen molar-refractivity contribution in [1.29, 1.82) is 0 Å².